The number of nitrogens with zero attached hydrogens (tertiary/aromatic N) is 1. The third kappa shape index (κ3) is 10.0. The van der Waals surface area contributed by atoms with E-state index < -0.39 is 42.9 Å². The second-order valence-corrected chi connectivity index (χ2v) is 10.7. The summed E-state index contributed by atoms with van der Waals surface area (Å²) in [5.41, 5.74) is 2.17. The topological polar surface area (TPSA) is 132 Å². The fourth-order valence-corrected chi connectivity index (χ4v) is 5.11. The molecule has 1 saturated heterocycles. The van der Waals surface area contributed by atoms with Crippen molar-refractivity contribution in [1.82, 2.24) is 10.3 Å². The van der Waals surface area contributed by atoms with Gasteiger partial charge in [-0.25, -0.2) is 9.78 Å². The number of ether oxygens (including phenoxy) is 6. The van der Waals surface area contributed by atoms with Crippen molar-refractivity contribution in [3.05, 3.63) is 89.7 Å². The van der Waals surface area contributed by atoms with Crippen molar-refractivity contribution < 1.29 is 42.8 Å². The van der Waals surface area contributed by atoms with Crippen LogP contribution in [0.25, 0.3) is 0 Å². The van der Waals surface area contributed by atoms with Crippen molar-refractivity contribution in [2.24, 2.45) is 5.92 Å². The molecule has 0 aliphatic carbocycles. The number of aromatic nitrogens is 1. The Hall–Kier alpha value is -4.48. The average Bonchev–Trinajstić information content (AvgIpc) is 3.08. The maximum absolute atomic E-state index is 13.4. The Morgan fingerprint density at radius 3 is 2.40 bits per heavy atom. The monoisotopic (exact) mass is 620 g/mol. The number of esters is 2. The number of benzene rings is 2. The van der Waals surface area contributed by atoms with E-state index in [0.717, 1.165) is 18.4 Å². The first-order chi connectivity index (χ1) is 21.9. The number of hydrogen-bond acceptors (Lipinski definition) is 10. The zero-order valence-electron chi connectivity index (χ0n) is 25.8. The maximum atomic E-state index is 13.4. The number of methoxy groups -OCH3 is 1. The van der Waals surface area contributed by atoms with E-state index in [-0.39, 0.29) is 36.3 Å². The zero-order valence-corrected chi connectivity index (χ0v) is 25.8. The number of hydrogen-bond donors (Lipinski definition) is 1. The fourth-order valence-electron chi connectivity index (χ4n) is 5.11. The van der Waals surface area contributed by atoms with E-state index >= 15 is 0 Å². The molecule has 1 amide bonds. The molecule has 1 aromatic heterocycles. The summed E-state index contributed by atoms with van der Waals surface area (Å²) >= 11 is 0. The summed E-state index contributed by atoms with van der Waals surface area (Å²) in [5.74, 6) is -1.93. The lowest BCUT2D eigenvalue weighted by molar-refractivity contribution is -0.160. The molecule has 0 unspecified atom stereocenters. The summed E-state index contributed by atoms with van der Waals surface area (Å²) in [5, 5.41) is 2.66. The number of aryl methyl sites for hydroxylation is 1. The van der Waals surface area contributed by atoms with Crippen molar-refractivity contribution in [2.45, 2.75) is 51.4 Å². The number of cyclic esters (lactones) is 1. The van der Waals surface area contributed by atoms with Crippen LogP contribution in [0.1, 0.15) is 41.9 Å². The lowest BCUT2D eigenvalue weighted by Crippen LogP contribution is -2.46. The first kappa shape index (κ1) is 33.4. The second kappa shape index (κ2) is 17.1. The van der Waals surface area contributed by atoms with Crippen LogP contribution in [-0.2, 0) is 41.4 Å². The molecule has 11 heteroatoms. The van der Waals surface area contributed by atoms with Crippen LogP contribution in [0.5, 0.6) is 11.5 Å². The molecule has 1 aliphatic rings. The van der Waals surface area contributed by atoms with E-state index in [1.54, 1.807) is 6.92 Å². The van der Waals surface area contributed by atoms with E-state index in [1.165, 1.54) is 31.9 Å². The minimum atomic E-state index is -1.14. The van der Waals surface area contributed by atoms with Crippen LogP contribution in [0.3, 0.4) is 0 Å². The van der Waals surface area contributed by atoms with Gasteiger partial charge in [0.1, 0.15) is 6.10 Å². The van der Waals surface area contributed by atoms with Gasteiger partial charge in [0, 0.05) is 31.7 Å². The zero-order chi connectivity index (χ0) is 32.0. The summed E-state index contributed by atoms with van der Waals surface area (Å²) in [4.78, 5) is 42.1. The first-order valence-electron chi connectivity index (χ1n) is 14.9. The van der Waals surface area contributed by atoms with Crippen LogP contribution in [0.15, 0.2) is 72.9 Å². The number of pyridine rings is 1. The average molecular weight is 621 g/mol. The molecule has 0 spiro atoms. The Bertz CT molecular complexity index is 1390. The first-order valence-corrected chi connectivity index (χ1v) is 14.9. The van der Waals surface area contributed by atoms with Crippen molar-refractivity contribution in [3.8, 4) is 11.5 Å². The Kier molecular flexibility index (Phi) is 12.7. The normalized spacial score (nSPS) is 20.1. The molecule has 1 N–H and O–H groups in total. The highest BCUT2D eigenvalue weighted by Crippen LogP contribution is 2.30. The predicted molar refractivity (Wildman–Crippen MR) is 164 cm³/mol. The summed E-state index contributed by atoms with van der Waals surface area (Å²) in [6, 6.07) is 20.5. The number of amides is 1. The van der Waals surface area contributed by atoms with Gasteiger partial charge in [-0.2, -0.15) is 0 Å². The Morgan fingerprint density at radius 1 is 1.00 bits per heavy atom. The van der Waals surface area contributed by atoms with Gasteiger partial charge in [-0.15, -0.1) is 0 Å². The Labute approximate surface area is 263 Å². The smallest absolute Gasteiger partial charge is 0.331 e. The van der Waals surface area contributed by atoms with Crippen LogP contribution in [-0.4, -0.2) is 74.8 Å². The van der Waals surface area contributed by atoms with Gasteiger partial charge in [-0.1, -0.05) is 60.7 Å². The molecule has 2 aromatic carbocycles. The molecule has 11 nitrogen and oxygen atoms in total. The van der Waals surface area contributed by atoms with Crippen molar-refractivity contribution in [1.29, 1.82) is 0 Å². The van der Waals surface area contributed by atoms with Crippen molar-refractivity contribution in [2.75, 3.05) is 33.7 Å². The highest BCUT2D eigenvalue weighted by molar-refractivity contribution is 5.98. The van der Waals surface area contributed by atoms with Gasteiger partial charge >= 0.3 is 11.9 Å². The molecular formula is C34H40N2O9. The number of carbonyl (C=O) groups excluding carboxylic acids is 3. The quantitative estimate of drug-likeness (QED) is 0.170. The molecule has 0 radical (unpaired) electrons. The Balaban J connectivity index is 1.47. The number of rotatable bonds is 13. The predicted octanol–water partition coefficient (Wildman–Crippen LogP) is 3.93. The van der Waals surface area contributed by atoms with Gasteiger partial charge in [-0.3, -0.25) is 9.59 Å². The maximum Gasteiger partial charge on any atom is 0.331 e. The van der Waals surface area contributed by atoms with Gasteiger partial charge in [0.25, 0.3) is 5.91 Å². The molecule has 4 rings (SSSR count). The molecule has 2 heterocycles. The van der Waals surface area contributed by atoms with Gasteiger partial charge in [0.2, 0.25) is 6.79 Å². The largest absolute Gasteiger partial charge is 0.493 e. The highest BCUT2D eigenvalue weighted by Gasteiger charge is 2.36. The third-order valence-corrected chi connectivity index (χ3v) is 7.31. The van der Waals surface area contributed by atoms with E-state index in [2.05, 4.69) is 22.4 Å². The molecule has 0 bridgehead atoms. The lowest BCUT2D eigenvalue weighted by Gasteiger charge is -2.31. The summed E-state index contributed by atoms with van der Waals surface area (Å²) in [7, 11) is 1.40. The van der Waals surface area contributed by atoms with Gasteiger partial charge in [0.05, 0.1) is 26.4 Å². The molecule has 1 fully saturated rings. The van der Waals surface area contributed by atoms with Gasteiger partial charge in [-0.05, 0) is 37.3 Å². The van der Waals surface area contributed by atoms with E-state index in [1.807, 2.05) is 48.5 Å². The SMILES string of the molecule is COc1ccnc(C(=O)N[C@H]2COC[C@H](Cc3ccccc3)[C@@H](OCCCc3ccccc3)[C@H](C)OC2=O)c1OCOC(C)=O. The summed E-state index contributed by atoms with van der Waals surface area (Å²) in [6.07, 6.45) is 2.61. The van der Waals surface area contributed by atoms with E-state index in [9.17, 15) is 14.4 Å². The highest BCUT2D eigenvalue weighted by atomic mass is 16.7. The fraction of sp³-hybridized carbons (Fsp3) is 0.412. The molecular weight excluding hydrogens is 580 g/mol. The number of carbonyl (C=O) groups is 3. The minimum absolute atomic E-state index is 0.0450. The van der Waals surface area contributed by atoms with Crippen LogP contribution in [0, 0.1) is 5.92 Å². The van der Waals surface area contributed by atoms with Crippen LogP contribution >= 0.6 is 0 Å². The standard InChI is InChI=1S/C34H40N2O9/c1-23-31(42-18-10-15-25-11-6-4-7-12-25)27(19-26-13-8-5-9-14-26)20-41-21-28(34(39)45-23)36-33(38)30-32(44-22-43-24(2)37)29(40-3)16-17-35-30/h4-9,11-14,16-17,23,27-28,31H,10,15,18-22H2,1-3H3,(H,36,38)/t23-,27-,28-,31-/m0/s1. The molecule has 4 atom stereocenters. The molecule has 1 aliphatic heterocycles. The molecule has 240 valence electrons. The van der Waals surface area contributed by atoms with Crippen LogP contribution in [0.2, 0.25) is 0 Å². The lowest BCUT2D eigenvalue weighted by atomic mass is 9.91. The van der Waals surface area contributed by atoms with Crippen LogP contribution in [0.4, 0.5) is 0 Å². The number of nitrogens with one attached hydrogen (secondary N) is 1. The van der Waals surface area contributed by atoms with Crippen molar-refractivity contribution >= 4 is 17.8 Å². The summed E-state index contributed by atoms with van der Waals surface area (Å²) < 4.78 is 34.0. The minimum Gasteiger partial charge on any atom is -0.493 e. The second-order valence-electron chi connectivity index (χ2n) is 10.7. The van der Waals surface area contributed by atoms with Gasteiger partial charge < -0.3 is 33.7 Å². The van der Waals surface area contributed by atoms with E-state index in [0.29, 0.717) is 13.0 Å². The Morgan fingerprint density at radius 2 is 1.71 bits per heavy atom. The van der Waals surface area contributed by atoms with Gasteiger partial charge in [0.15, 0.2) is 23.2 Å². The molecule has 0 saturated carbocycles. The summed E-state index contributed by atoms with van der Waals surface area (Å²) in [6.45, 7) is 3.19. The molecule has 3 aromatic rings. The third-order valence-electron chi connectivity index (χ3n) is 7.31. The van der Waals surface area contributed by atoms with Crippen molar-refractivity contribution in [3.63, 3.8) is 0 Å². The van der Waals surface area contributed by atoms with E-state index in [4.69, 9.17) is 28.4 Å². The van der Waals surface area contributed by atoms with Crippen LogP contribution < -0.4 is 14.8 Å². The molecule has 45 heavy (non-hydrogen) atoms.